The second-order valence-corrected chi connectivity index (χ2v) is 17.1. The van der Waals surface area contributed by atoms with E-state index in [0.717, 1.165) is 22.3 Å². The summed E-state index contributed by atoms with van der Waals surface area (Å²) in [6.45, 7) is 23.8. The molecule has 6 N–H and O–H groups in total. The molecular formula is C33H54O9P2+2. The van der Waals surface area contributed by atoms with Gasteiger partial charge in [0.15, 0.2) is 4.31 Å². The lowest BCUT2D eigenvalue weighted by Crippen LogP contribution is -2.55. The van der Waals surface area contributed by atoms with Gasteiger partial charge in [-0.3, -0.25) is 0 Å². The molecule has 0 aliphatic heterocycles. The molecule has 0 radical (unpaired) electrons. The number of aliphatic hydroxyl groups excluding tert-OH is 3. The average molecular weight is 657 g/mol. The van der Waals surface area contributed by atoms with Crippen molar-refractivity contribution < 1.29 is 43.7 Å². The Morgan fingerprint density at radius 2 is 0.841 bits per heavy atom. The average Bonchev–Trinajstić information content (AvgIpc) is 2.86. The highest BCUT2D eigenvalue weighted by Crippen LogP contribution is 2.51. The van der Waals surface area contributed by atoms with Gasteiger partial charge in [0.1, 0.15) is 5.60 Å². The molecule has 9 nitrogen and oxygen atoms in total. The van der Waals surface area contributed by atoms with Crippen molar-refractivity contribution in [2.24, 2.45) is 5.41 Å². The molecule has 0 aliphatic rings. The van der Waals surface area contributed by atoms with E-state index in [2.05, 4.69) is 99.5 Å². The fraction of sp³-hybridized carbons (Fsp3) is 0.636. The molecule has 2 aromatic rings. The molecule has 0 saturated heterocycles. The van der Waals surface area contributed by atoms with Crippen molar-refractivity contribution in [1.82, 2.24) is 0 Å². The predicted molar refractivity (Wildman–Crippen MR) is 175 cm³/mol. The molecule has 2 aromatic carbocycles. The SMILES string of the molecule is CC(C)(C)c1ccc(C(O)(c2ccc(C(C)(C)C)cc2C(C)(C)C)C(CO)(CO)CO)c(C(C)(C)C)c1.O=[P+](O)O[P+](=O)O. The van der Waals surface area contributed by atoms with Gasteiger partial charge in [0.2, 0.25) is 0 Å². The van der Waals surface area contributed by atoms with Crippen LogP contribution in [-0.2, 0) is 40.7 Å². The Kier molecular flexibility index (Phi) is 13.2. The normalized spacial score (nSPS) is 14.1. The molecule has 2 atom stereocenters. The lowest BCUT2D eigenvalue weighted by molar-refractivity contribution is -0.137. The molecule has 248 valence electrons. The zero-order valence-corrected chi connectivity index (χ0v) is 30.2. The highest BCUT2D eigenvalue weighted by molar-refractivity contribution is 7.46. The van der Waals surface area contributed by atoms with E-state index < -0.39 is 47.3 Å². The summed E-state index contributed by atoms with van der Waals surface area (Å²) in [5.74, 6) is 0. The van der Waals surface area contributed by atoms with Crippen molar-refractivity contribution in [3.8, 4) is 0 Å². The standard InChI is InChI=1S/C33H52O4.O5P2/c1-28(2,3)22-13-15-24(26(17-22)30(7,8)9)33(37,32(19-34,20-35)21-36)25-16-14-23(29(4,5)6)18-27(25)31(10,11)12;1-6(2)5-7(3)4/h13-18,34-37H,19-21H2,1-12H3;/p+2. The third-order valence-electron chi connectivity index (χ3n) is 7.98. The summed E-state index contributed by atoms with van der Waals surface area (Å²) in [7, 11) is -5.85. The maximum atomic E-state index is 13.1. The minimum absolute atomic E-state index is 0.108. The number of hydrogen-bond donors (Lipinski definition) is 6. The first kappa shape index (κ1) is 40.4. The van der Waals surface area contributed by atoms with Gasteiger partial charge in [-0.25, -0.2) is 0 Å². The molecule has 0 bridgehead atoms. The van der Waals surface area contributed by atoms with Crippen LogP contribution >= 0.6 is 16.5 Å². The predicted octanol–water partition coefficient (Wildman–Crippen LogP) is 6.38. The Balaban J connectivity index is 0.00000123. The van der Waals surface area contributed by atoms with Gasteiger partial charge < -0.3 is 20.4 Å². The first-order valence-electron chi connectivity index (χ1n) is 14.6. The minimum Gasteiger partial charge on any atom is -0.395 e. The van der Waals surface area contributed by atoms with E-state index in [-0.39, 0.29) is 21.7 Å². The molecule has 0 fully saturated rings. The third kappa shape index (κ3) is 9.22. The van der Waals surface area contributed by atoms with Crippen molar-refractivity contribution >= 4 is 16.5 Å². The summed E-state index contributed by atoms with van der Waals surface area (Å²) in [5.41, 5.74) is 0.863. The van der Waals surface area contributed by atoms with E-state index in [4.69, 9.17) is 9.79 Å². The number of aliphatic hydroxyl groups is 4. The lowest BCUT2D eigenvalue weighted by atomic mass is 9.60. The summed E-state index contributed by atoms with van der Waals surface area (Å²) >= 11 is 0. The Morgan fingerprint density at radius 3 is 1.02 bits per heavy atom. The quantitative estimate of drug-likeness (QED) is 0.177. The molecule has 44 heavy (non-hydrogen) atoms. The summed E-state index contributed by atoms with van der Waals surface area (Å²) in [6.07, 6.45) is 0. The van der Waals surface area contributed by atoms with E-state index in [0.29, 0.717) is 11.1 Å². The Labute approximate surface area is 265 Å². The molecule has 0 heterocycles. The van der Waals surface area contributed by atoms with E-state index in [9.17, 15) is 29.6 Å². The maximum Gasteiger partial charge on any atom is 0.745 e. The number of rotatable bonds is 8. The topological polar surface area (TPSA) is 165 Å². The van der Waals surface area contributed by atoms with E-state index >= 15 is 0 Å². The molecule has 2 unspecified atom stereocenters. The van der Waals surface area contributed by atoms with Crippen molar-refractivity contribution in [3.05, 3.63) is 69.8 Å². The van der Waals surface area contributed by atoms with Gasteiger partial charge in [-0.05, 0) is 55.0 Å². The van der Waals surface area contributed by atoms with Crippen LogP contribution in [0.2, 0.25) is 0 Å². The number of benzene rings is 2. The van der Waals surface area contributed by atoms with Gasteiger partial charge in [0.05, 0.1) is 25.2 Å². The zero-order valence-electron chi connectivity index (χ0n) is 28.4. The number of hydrogen-bond acceptors (Lipinski definition) is 7. The fourth-order valence-electron chi connectivity index (χ4n) is 5.16. The second-order valence-electron chi connectivity index (χ2n) is 15.5. The minimum atomic E-state index is -2.92. The van der Waals surface area contributed by atoms with Crippen LogP contribution in [0.25, 0.3) is 0 Å². The second kappa shape index (κ2) is 14.4. The van der Waals surface area contributed by atoms with Gasteiger partial charge in [-0.15, -0.1) is 9.79 Å². The largest absolute Gasteiger partial charge is 0.745 e. The molecule has 0 aliphatic carbocycles. The van der Waals surface area contributed by atoms with Crippen LogP contribution in [0.4, 0.5) is 0 Å². The van der Waals surface area contributed by atoms with Crippen LogP contribution in [0, 0.1) is 5.41 Å². The molecule has 0 saturated carbocycles. The van der Waals surface area contributed by atoms with Gasteiger partial charge >= 0.3 is 16.5 Å². The summed E-state index contributed by atoms with van der Waals surface area (Å²) in [5, 5.41) is 45.2. The van der Waals surface area contributed by atoms with Crippen molar-refractivity contribution in [3.63, 3.8) is 0 Å². The lowest BCUT2D eigenvalue weighted by Gasteiger charge is -2.49. The Bertz CT molecular complexity index is 1210. The molecule has 0 amide bonds. The van der Waals surface area contributed by atoms with Crippen LogP contribution in [0.5, 0.6) is 0 Å². The van der Waals surface area contributed by atoms with Crippen molar-refractivity contribution in [2.75, 3.05) is 19.8 Å². The summed E-state index contributed by atoms with van der Waals surface area (Å²) < 4.78 is 22.2. The molecule has 2 rings (SSSR count). The third-order valence-corrected chi connectivity index (χ3v) is 9.10. The van der Waals surface area contributed by atoms with Gasteiger partial charge in [-0.1, -0.05) is 119 Å². The van der Waals surface area contributed by atoms with Gasteiger partial charge in [0.25, 0.3) is 0 Å². The van der Waals surface area contributed by atoms with E-state index in [1.54, 1.807) is 0 Å². The van der Waals surface area contributed by atoms with Crippen LogP contribution in [-0.4, -0.2) is 50.0 Å². The molecule has 11 heteroatoms. The molecule has 0 spiro atoms. The summed E-state index contributed by atoms with van der Waals surface area (Å²) in [4.78, 5) is 15.3. The first-order chi connectivity index (χ1) is 19.7. The molecular weight excluding hydrogens is 602 g/mol. The van der Waals surface area contributed by atoms with Crippen molar-refractivity contribution in [2.45, 2.75) is 110 Å². The zero-order chi connectivity index (χ0) is 34.7. The Hall–Kier alpha value is -1.64. The summed E-state index contributed by atoms with van der Waals surface area (Å²) in [6, 6.07) is 12.2. The maximum absolute atomic E-state index is 13.1. The van der Waals surface area contributed by atoms with Gasteiger partial charge in [0, 0.05) is 9.13 Å². The monoisotopic (exact) mass is 656 g/mol. The fourth-order valence-corrected chi connectivity index (χ4v) is 5.64. The van der Waals surface area contributed by atoms with Gasteiger partial charge in [-0.2, -0.15) is 0 Å². The van der Waals surface area contributed by atoms with E-state index in [1.807, 2.05) is 24.3 Å². The van der Waals surface area contributed by atoms with Crippen LogP contribution in [0.3, 0.4) is 0 Å². The highest BCUT2D eigenvalue weighted by Gasteiger charge is 2.55. The van der Waals surface area contributed by atoms with Crippen molar-refractivity contribution in [1.29, 1.82) is 0 Å². The highest BCUT2D eigenvalue weighted by atomic mass is 31.2. The van der Waals surface area contributed by atoms with Crippen LogP contribution < -0.4 is 0 Å². The Morgan fingerprint density at radius 1 is 0.545 bits per heavy atom. The first-order valence-corrected chi connectivity index (χ1v) is 16.8. The van der Waals surface area contributed by atoms with E-state index in [1.165, 1.54) is 0 Å². The smallest absolute Gasteiger partial charge is 0.395 e. The van der Waals surface area contributed by atoms with Crippen LogP contribution in [0.1, 0.15) is 116 Å². The van der Waals surface area contributed by atoms with Crippen LogP contribution in [0.15, 0.2) is 36.4 Å². The molecule has 0 aromatic heterocycles.